The van der Waals surface area contributed by atoms with Gasteiger partial charge in [-0.25, -0.2) is 0 Å². The van der Waals surface area contributed by atoms with Gasteiger partial charge in [0.2, 0.25) is 0 Å². The van der Waals surface area contributed by atoms with E-state index in [2.05, 4.69) is 5.10 Å². The predicted molar refractivity (Wildman–Crippen MR) is 81.3 cm³/mol. The van der Waals surface area contributed by atoms with Gasteiger partial charge in [-0.15, -0.1) is 0 Å². The molecule has 0 aromatic heterocycles. The molecule has 0 bridgehead atoms. The average molecular weight is 476 g/mol. The minimum Gasteiger partial charge on any atom is -0.378 e. The van der Waals surface area contributed by atoms with Crippen molar-refractivity contribution in [1.29, 1.82) is 0 Å². The molecule has 1 aromatic carbocycles. The van der Waals surface area contributed by atoms with Crippen LogP contribution in [0.3, 0.4) is 0 Å². The summed E-state index contributed by atoms with van der Waals surface area (Å²) < 4.78 is 164. The van der Waals surface area contributed by atoms with Crippen LogP contribution in [0.25, 0.3) is 0 Å². The molecule has 1 fully saturated rings. The third-order valence-electron chi connectivity index (χ3n) is 4.16. The van der Waals surface area contributed by atoms with Crippen molar-refractivity contribution in [2.24, 2.45) is 5.10 Å². The summed E-state index contributed by atoms with van der Waals surface area (Å²) in [5, 5.41) is 3.73. The highest BCUT2D eigenvalue weighted by Crippen LogP contribution is 2.54. The average Bonchev–Trinajstić information content (AvgIpc) is 2.65. The molecule has 31 heavy (non-hydrogen) atoms. The van der Waals surface area contributed by atoms with Gasteiger partial charge >= 0.3 is 30.1 Å². The summed E-state index contributed by atoms with van der Waals surface area (Å²) in [6.45, 7) is -0.960. The second-order valence-corrected chi connectivity index (χ2v) is 6.31. The molecule has 1 saturated heterocycles. The summed E-state index contributed by atoms with van der Waals surface area (Å²) in [5.41, 5.74) is -4.86. The number of hydrogen-bond acceptors (Lipinski definition) is 3. The van der Waals surface area contributed by atoms with Gasteiger partial charge < -0.3 is 4.74 Å². The molecule has 0 atom stereocenters. The molecule has 1 aliphatic rings. The molecule has 15 heteroatoms. The zero-order valence-electron chi connectivity index (χ0n) is 15.0. The number of benzene rings is 1. The third-order valence-corrected chi connectivity index (χ3v) is 4.16. The summed E-state index contributed by atoms with van der Waals surface area (Å²) >= 11 is 0. The van der Waals surface area contributed by atoms with Crippen LogP contribution in [-0.2, 0) is 10.9 Å². The van der Waals surface area contributed by atoms with E-state index in [9.17, 15) is 52.7 Å². The molecule has 0 radical (unpaired) electrons. The van der Waals surface area contributed by atoms with Crippen LogP contribution in [0.1, 0.15) is 11.1 Å². The first-order valence-corrected chi connectivity index (χ1v) is 8.22. The first-order valence-electron chi connectivity index (χ1n) is 8.22. The molecule has 0 N–H and O–H groups in total. The van der Waals surface area contributed by atoms with Gasteiger partial charge in [-0.2, -0.15) is 57.8 Å². The highest BCUT2D eigenvalue weighted by molar-refractivity contribution is 6.06. The largest absolute Gasteiger partial charge is 0.460 e. The maximum Gasteiger partial charge on any atom is 0.460 e. The molecule has 0 amide bonds. The van der Waals surface area contributed by atoms with Gasteiger partial charge in [0.15, 0.2) is 0 Å². The second-order valence-electron chi connectivity index (χ2n) is 6.31. The minimum absolute atomic E-state index is 0.162. The Labute approximate surface area is 166 Å². The van der Waals surface area contributed by atoms with Crippen LogP contribution in [0.2, 0.25) is 0 Å². The third kappa shape index (κ3) is 4.70. The van der Waals surface area contributed by atoms with Gasteiger partial charge in [0.05, 0.1) is 31.9 Å². The van der Waals surface area contributed by atoms with Crippen LogP contribution in [0.4, 0.5) is 52.7 Å². The van der Waals surface area contributed by atoms with Gasteiger partial charge in [-0.05, 0) is 12.1 Å². The monoisotopic (exact) mass is 476 g/mol. The van der Waals surface area contributed by atoms with E-state index < -0.39 is 47.0 Å². The molecule has 3 nitrogen and oxygen atoms in total. The fourth-order valence-corrected chi connectivity index (χ4v) is 2.44. The van der Waals surface area contributed by atoms with Crippen molar-refractivity contribution in [3.8, 4) is 0 Å². The molecule has 0 saturated carbocycles. The van der Waals surface area contributed by atoms with Crippen molar-refractivity contribution < 1.29 is 57.4 Å². The second kappa shape index (κ2) is 8.06. The maximum absolute atomic E-state index is 14.5. The SMILES string of the molecule is FC(F)(F)c1ccc(/C(=N\N2CCOCC2)C(F)(F)C(F)(F)C(F)(F)C(F)(F)F)cc1. The molecule has 1 heterocycles. The lowest BCUT2D eigenvalue weighted by Gasteiger charge is -2.35. The van der Waals surface area contributed by atoms with E-state index in [-0.39, 0.29) is 50.6 Å². The number of morpholine rings is 1. The van der Waals surface area contributed by atoms with Gasteiger partial charge in [0.1, 0.15) is 5.71 Å². The van der Waals surface area contributed by atoms with Crippen LogP contribution in [0, 0.1) is 0 Å². The Bertz CT molecular complexity index is 792. The maximum atomic E-state index is 14.5. The van der Waals surface area contributed by atoms with Gasteiger partial charge in [-0.1, -0.05) is 12.1 Å². The fourth-order valence-electron chi connectivity index (χ4n) is 2.44. The van der Waals surface area contributed by atoms with E-state index in [1.54, 1.807) is 0 Å². The molecule has 0 spiro atoms. The van der Waals surface area contributed by atoms with Crippen LogP contribution < -0.4 is 0 Å². The fraction of sp³-hybridized carbons (Fsp3) is 0.562. The predicted octanol–water partition coefficient (Wildman–Crippen LogP) is 5.21. The first-order chi connectivity index (χ1) is 13.9. The van der Waals surface area contributed by atoms with E-state index >= 15 is 0 Å². The summed E-state index contributed by atoms with van der Waals surface area (Å²) in [6.07, 6.45) is -12.0. The number of hydrogen-bond donors (Lipinski definition) is 0. The van der Waals surface area contributed by atoms with E-state index in [4.69, 9.17) is 4.74 Å². The molecule has 176 valence electrons. The van der Waals surface area contributed by atoms with Crippen LogP contribution in [-0.4, -0.2) is 61.0 Å². The van der Waals surface area contributed by atoms with Crippen molar-refractivity contribution in [2.45, 2.75) is 30.1 Å². The summed E-state index contributed by atoms with van der Waals surface area (Å²) in [6, 6.07) is 0.774. The van der Waals surface area contributed by atoms with Crippen molar-refractivity contribution in [1.82, 2.24) is 5.01 Å². The number of nitrogens with zero attached hydrogens (tertiary/aromatic N) is 2. The van der Waals surface area contributed by atoms with E-state index in [1.165, 1.54) is 0 Å². The van der Waals surface area contributed by atoms with Crippen LogP contribution in [0.15, 0.2) is 29.4 Å². The Morgan fingerprint density at radius 3 is 1.65 bits per heavy atom. The minimum atomic E-state index is -7.18. The van der Waals surface area contributed by atoms with E-state index in [0.717, 1.165) is 0 Å². The lowest BCUT2D eigenvalue weighted by Crippen LogP contribution is -2.63. The zero-order chi connectivity index (χ0) is 23.9. The molecule has 2 rings (SSSR count). The first kappa shape index (κ1) is 25.1. The van der Waals surface area contributed by atoms with E-state index in [1.807, 2.05) is 0 Å². The van der Waals surface area contributed by atoms with Crippen molar-refractivity contribution in [3.05, 3.63) is 35.4 Å². The number of alkyl halides is 12. The smallest absolute Gasteiger partial charge is 0.378 e. The van der Waals surface area contributed by atoms with Crippen molar-refractivity contribution >= 4 is 5.71 Å². The van der Waals surface area contributed by atoms with Gasteiger partial charge in [-0.3, -0.25) is 5.01 Å². The van der Waals surface area contributed by atoms with Crippen molar-refractivity contribution in [2.75, 3.05) is 26.3 Å². The lowest BCUT2D eigenvalue weighted by atomic mass is 9.94. The molecular weight excluding hydrogens is 464 g/mol. The molecule has 1 aromatic rings. The normalized spacial score (nSPS) is 17.8. The number of halogens is 12. The van der Waals surface area contributed by atoms with Gasteiger partial charge in [0.25, 0.3) is 0 Å². The summed E-state index contributed by atoms with van der Waals surface area (Å²) in [4.78, 5) is 0. The Hall–Kier alpha value is -2.19. The Morgan fingerprint density at radius 2 is 1.23 bits per heavy atom. The van der Waals surface area contributed by atoms with Gasteiger partial charge in [0, 0.05) is 5.56 Å². The number of rotatable bonds is 5. The van der Waals surface area contributed by atoms with Crippen LogP contribution >= 0.6 is 0 Å². The quantitative estimate of drug-likeness (QED) is 0.431. The topological polar surface area (TPSA) is 24.8 Å². The van der Waals surface area contributed by atoms with Crippen molar-refractivity contribution in [3.63, 3.8) is 0 Å². The summed E-state index contributed by atoms with van der Waals surface area (Å²) in [5.74, 6) is -20.4. The molecule has 0 aliphatic carbocycles. The molecular formula is C16H12F12N2O. The molecule has 1 aliphatic heterocycles. The highest BCUT2D eigenvalue weighted by atomic mass is 19.4. The van der Waals surface area contributed by atoms with E-state index in [0.29, 0.717) is 5.01 Å². The lowest BCUT2D eigenvalue weighted by molar-refractivity contribution is -0.384. The Balaban J connectivity index is 2.62. The highest BCUT2D eigenvalue weighted by Gasteiger charge is 2.83. The molecule has 0 unspecified atom stereocenters. The Morgan fingerprint density at radius 1 is 0.742 bits per heavy atom. The number of hydrazone groups is 1. The summed E-state index contributed by atoms with van der Waals surface area (Å²) in [7, 11) is 0. The standard InChI is InChI=1S/C16H12F12N2O/c17-12(18,14(22,23)15(24,25)16(26,27)28)11(29-30-5-7-31-8-6-30)9-1-3-10(4-2-9)13(19,20)21/h1-4H,5-8H2/b29-11+. The zero-order valence-corrected chi connectivity index (χ0v) is 15.0. The van der Waals surface area contributed by atoms with Crippen LogP contribution in [0.5, 0.6) is 0 Å². The Kier molecular flexibility index (Phi) is 6.52. The number of ether oxygens (including phenoxy) is 1.